The van der Waals surface area contributed by atoms with Crippen LogP contribution in [0.1, 0.15) is 11.1 Å². The minimum absolute atomic E-state index is 1.08. The zero-order valence-electron chi connectivity index (χ0n) is 11.5. The molecule has 0 aliphatic heterocycles. The highest BCUT2D eigenvalue weighted by Gasteiger charge is 2.16. The van der Waals surface area contributed by atoms with Gasteiger partial charge in [-0.1, -0.05) is 36.4 Å². The maximum absolute atomic E-state index is 4.56. The molecule has 3 rings (SSSR count). The fraction of sp³-hybridized carbons (Fsp3) is 0.176. The molecular formula is C17H17N2+. The summed E-state index contributed by atoms with van der Waals surface area (Å²) in [5, 5.41) is 1.21. The molecule has 2 nitrogen and oxygen atoms in total. The van der Waals surface area contributed by atoms with Crippen LogP contribution >= 0.6 is 0 Å². The number of hydrogen-bond acceptors (Lipinski definition) is 1. The molecule has 0 fully saturated rings. The topological polar surface area (TPSA) is 16.8 Å². The molecule has 0 spiro atoms. The summed E-state index contributed by atoms with van der Waals surface area (Å²) in [5.74, 6) is 0. The molecule has 1 heterocycles. The number of nitrogens with zero attached hydrogens (tertiary/aromatic N) is 2. The standard InChI is InChI=1S/C17H17N2/c1-12-7-4-5-9-14(12)17-15-10-6-8-13(2)16(15)18-11-19(17)3/h4-11H,1-3H3/q+1. The summed E-state index contributed by atoms with van der Waals surface area (Å²) < 4.78 is 2.10. The van der Waals surface area contributed by atoms with E-state index in [2.05, 4.69) is 72.9 Å². The molecule has 0 saturated heterocycles. The molecule has 0 aliphatic carbocycles. The van der Waals surface area contributed by atoms with Crippen LogP contribution in [-0.2, 0) is 7.05 Å². The predicted molar refractivity (Wildman–Crippen MR) is 77.8 cm³/mol. The third-order valence-corrected chi connectivity index (χ3v) is 3.61. The van der Waals surface area contributed by atoms with E-state index in [1.54, 1.807) is 0 Å². The van der Waals surface area contributed by atoms with Crippen molar-refractivity contribution in [3.05, 3.63) is 59.9 Å². The number of fused-ring (bicyclic) bond motifs is 1. The molecule has 3 aromatic rings. The van der Waals surface area contributed by atoms with Crippen molar-refractivity contribution >= 4 is 10.9 Å². The molecule has 0 aliphatic rings. The van der Waals surface area contributed by atoms with E-state index in [0.717, 1.165) is 5.52 Å². The average Bonchev–Trinajstić information content (AvgIpc) is 2.40. The Bertz CT molecular complexity index is 760. The normalized spacial score (nSPS) is 10.9. The number of aromatic nitrogens is 2. The summed E-state index contributed by atoms with van der Waals surface area (Å²) in [6.45, 7) is 4.26. The Labute approximate surface area is 113 Å². The van der Waals surface area contributed by atoms with Gasteiger partial charge in [0, 0.05) is 11.1 Å². The van der Waals surface area contributed by atoms with Crippen LogP contribution in [0.3, 0.4) is 0 Å². The third-order valence-electron chi connectivity index (χ3n) is 3.61. The smallest absolute Gasteiger partial charge is 0.232 e. The number of benzene rings is 2. The predicted octanol–water partition coefficient (Wildman–Crippen LogP) is 3.34. The molecule has 0 amide bonds. The van der Waals surface area contributed by atoms with E-state index in [4.69, 9.17) is 0 Å². The Morgan fingerprint density at radius 2 is 1.63 bits per heavy atom. The summed E-state index contributed by atoms with van der Waals surface area (Å²) in [5.41, 5.74) is 6.08. The van der Waals surface area contributed by atoms with Crippen molar-refractivity contribution < 1.29 is 4.57 Å². The average molecular weight is 249 g/mol. The summed E-state index contributed by atoms with van der Waals surface area (Å²) in [6.07, 6.45) is 1.90. The highest BCUT2D eigenvalue weighted by atomic mass is 15.0. The van der Waals surface area contributed by atoms with Gasteiger partial charge in [0.1, 0.15) is 5.69 Å². The van der Waals surface area contributed by atoms with E-state index in [1.807, 2.05) is 6.33 Å². The van der Waals surface area contributed by atoms with Crippen molar-refractivity contribution in [2.75, 3.05) is 0 Å². The van der Waals surface area contributed by atoms with Gasteiger partial charge in [-0.15, -0.1) is 0 Å². The molecule has 0 radical (unpaired) electrons. The Kier molecular flexibility index (Phi) is 2.79. The lowest BCUT2D eigenvalue weighted by Gasteiger charge is -2.09. The van der Waals surface area contributed by atoms with E-state index in [1.165, 1.54) is 27.8 Å². The van der Waals surface area contributed by atoms with Crippen LogP contribution in [0.5, 0.6) is 0 Å². The van der Waals surface area contributed by atoms with E-state index < -0.39 is 0 Å². The maximum atomic E-state index is 4.56. The minimum atomic E-state index is 1.08. The van der Waals surface area contributed by atoms with Gasteiger partial charge in [-0.2, -0.15) is 0 Å². The van der Waals surface area contributed by atoms with Gasteiger partial charge in [0.15, 0.2) is 5.52 Å². The van der Waals surface area contributed by atoms with Crippen LogP contribution in [0.25, 0.3) is 22.2 Å². The second-order valence-corrected chi connectivity index (χ2v) is 4.99. The van der Waals surface area contributed by atoms with Crippen molar-refractivity contribution in [1.29, 1.82) is 0 Å². The second kappa shape index (κ2) is 4.47. The Morgan fingerprint density at radius 1 is 0.895 bits per heavy atom. The molecule has 0 unspecified atom stereocenters. The first-order chi connectivity index (χ1) is 9.18. The highest BCUT2D eigenvalue weighted by molar-refractivity contribution is 5.92. The molecule has 94 valence electrons. The van der Waals surface area contributed by atoms with Crippen molar-refractivity contribution in [2.24, 2.45) is 7.05 Å². The van der Waals surface area contributed by atoms with Gasteiger partial charge in [0.2, 0.25) is 0 Å². The molecule has 1 aromatic heterocycles. The summed E-state index contributed by atoms with van der Waals surface area (Å²) in [7, 11) is 2.05. The lowest BCUT2D eigenvalue weighted by Crippen LogP contribution is -2.31. The number of para-hydroxylation sites is 1. The van der Waals surface area contributed by atoms with Gasteiger partial charge in [-0.05, 0) is 30.5 Å². The molecule has 0 atom stereocenters. The number of rotatable bonds is 1. The van der Waals surface area contributed by atoms with Crippen LogP contribution in [0.4, 0.5) is 0 Å². The van der Waals surface area contributed by atoms with E-state index in [0.29, 0.717) is 0 Å². The Morgan fingerprint density at radius 3 is 2.42 bits per heavy atom. The zero-order chi connectivity index (χ0) is 13.4. The lowest BCUT2D eigenvalue weighted by molar-refractivity contribution is -0.662. The number of aryl methyl sites for hydroxylation is 3. The van der Waals surface area contributed by atoms with Crippen LogP contribution in [-0.4, -0.2) is 4.98 Å². The van der Waals surface area contributed by atoms with Crippen LogP contribution in [0, 0.1) is 13.8 Å². The summed E-state index contributed by atoms with van der Waals surface area (Å²) in [6, 6.07) is 14.8. The summed E-state index contributed by atoms with van der Waals surface area (Å²) >= 11 is 0. The van der Waals surface area contributed by atoms with Gasteiger partial charge in [0.25, 0.3) is 6.33 Å². The van der Waals surface area contributed by atoms with Crippen molar-refractivity contribution in [3.8, 4) is 11.3 Å². The van der Waals surface area contributed by atoms with Crippen LogP contribution in [0.2, 0.25) is 0 Å². The SMILES string of the molecule is Cc1ccccc1-c1c2cccc(C)c2nc[n+]1C. The third kappa shape index (κ3) is 1.89. The fourth-order valence-electron chi connectivity index (χ4n) is 2.59. The van der Waals surface area contributed by atoms with Gasteiger partial charge in [0.05, 0.1) is 12.4 Å². The van der Waals surface area contributed by atoms with Crippen molar-refractivity contribution in [2.45, 2.75) is 13.8 Å². The van der Waals surface area contributed by atoms with Gasteiger partial charge in [-0.25, -0.2) is 4.57 Å². The van der Waals surface area contributed by atoms with Gasteiger partial charge >= 0.3 is 0 Å². The van der Waals surface area contributed by atoms with Gasteiger partial charge in [-0.3, -0.25) is 0 Å². The first-order valence-electron chi connectivity index (χ1n) is 6.48. The first-order valence-corrected chi connectivity index (χ1v) is 6.48. The minimum Gasteiger partial charge on any atom is -0.232 e. The Hall–Kier alpha value is -2.22. The molecule has 2 aromatic carbocycles. The second-order valence-electron chi connectivity index (χ2n) is 4.99. The Balaban J connectivity index is 2.44. The van der Waals surface area contributed by atoms with Crippen molar-refractivity contribution in [1.82, 2.24) is 4.98 Å². The molecule has 2 heteroatoms. The molecule has 0 saturated carbocycles. The van der Waals surface area contributed by atoms with Crippen molar-refractivity contribution in [3.63, 3.8) is 0 Å². The molecular weight excluding hydrogens is 232 g/mol. The largest absolute Gasteiger partial charge is 0.287 e. The monoisotopic (exact) mass is 249 g/mol. The first kappa shape index (κ1) is 11.8. The summed E-state index contributed by atoms with van der Waals surface area (Å²) in [4.78, 5) is 4.56. The zero-order valence-corrected chi connectivity index (χ0v) is 11.5. The number of hydrogen-bond donors (Lipinski definition) is 0. The molecule has 0 bridgehead atoms. The quantitative estimate of drug-likeness (QED) is 0.604. The molecule has 19 heavy (non-hydrogen) atoms. The van der Waals surface area contributed by atoms with E-state index >= 15 is 0 Å². The van der Waals surface area contributed by atoms with E-state index in [9.17, 15) is 0 Å². The van der Waals surface area contributed by atoms with E-state index in [-0.39, 0.29) is 0 Å². The highest BCUT2D eigenvalue weighted by Crippen LogP contribution is 2.27. The molecule has 0 N–H and O–H groups in total. The fourth-order valence-corrected chi connectivity index (χ4v) is 2.59. The van der Waals surface area contributed by atoms with Crippen LogP contribution < -0.4 is 4.57 Å². The van der Waals surface area contributed by atoms with Gasteiger partial charge < -0.3 is 0 Å². The van der Waals surface area contributed by atoms with Crippen LogP contribution in [0.15, 0.2) is 48.8 Å². The maximum Gasteiger partial charge on any atom is 0.287 e. The lowest BCUT2D eigenvalue weighted by atomic mass is 10.0.